The fraction of sp³-hybridized carbons (Fsp3) is 0.562. The Morgan fingerprint density at radius 3 is 2.90 bits per heavy atom. The second kappa shape index (κ2) is 4.77. The monoisotopic (exact) mass is 272 g/mol. The molecule has 0 saturated carbocycles. The van der Waals surface area contributed by atoms with Gasteiger partial charge in [0.15, 0.2) is 0 Å². The average Bonchev–Trinajstić information content (AvgIpc) is 2.92. The molecule has 0 aliphatic heterocycles. The third-order valence-corrected chi connectivity index (χ3v) is 4.46. The second-order valence-electron chi connectivity index (χ2n) is 6.76. The molecule has 2 aromatic rings. The van der Waals surface area contributed by atoms with Crippen LogP contribution in [0, 0.1) is 5.41 Å². The van der Waals surface area contributed by atoms with E-state index in [1.807, 2.05) is 17.9 Å². The Balaban J connectivity index is 1.81. The summed E-state index contributed by atoms with van der Waals surface area (Å²) in [6, 6.07) is 4.48. The van der Waals surface area contributed by atoms with Crippen LogP contribution in [0.5, 0.6) is 0 Å². The minimum atomic E-state index is 0.187. The van der Waals surface area contributed by atoms with E-state index in [1.54, 1.807) is 0 Å². The summed E-state index contributed by atoms with van der Waals surface area (Å²) < 4.78 is 4.33. The molecule has 2 aromatic heterocycles. The number of fused-ring (bicyclic) bond motifs is 1. The maximum Gasteiger partial charge on any atom is 0.0492 e. The van der Waals surface area contributed by atoms with E-state index in [0.29, 0.717) is 5.41 Å². The van der Waals surface area contributed by atoms with Crippen LogP contribution in [0.25, 0.3) is 0 Å². The van der Waals surface area contributed by atoms with Gasteiger partial charge in [-0.25, -0.2) is 0 Å². The summed E-state index contributed by atoms with van der Waals surface area (Å²) in [6.45, 7) is 5.63. The van der Waals surface area contributed by atoms with Crippen molar-refractivity contribution < 1.29 is 0 Å². The highest BCUT2D eigenvalue weighted by Crippen LogP contribution is 2.39. The minimum Gasteiger partial charge on any atom is -0.351 e. The minimum absolute atomic E-state index is 0.187. The Bertz CT molecular complexity index is 606. The lowest BCUT2D eigenvalue weighted by molar-refractivity contribution is 0.275. The van der Waals surface area contributed by atoms with Gasteiger partial charge in [-0.3, -0.25) is 4.68 Å². The van der Waals surface area contributed by atoms with Crippen LogP contribution in [-0.2, 0) is 26.4 Å². The molecule has 1 atom stereocenters. The third-order valence-electron chi connectivity index (χ3n) is 4.46. The molecule has 108 valence electrons. The van der Waals surface area contributed by atoms with Crippen LogP contribution < -0.4 is 5.73 Å². The van der Waals surface area contributed by atoms with Gasteiger partial charge >= 0.3 is 0 Å². The number of aryl methyl sites for hydroxylation is 3. The SMILES string of the molecule is Cn1nccc1CCn1ccc2c1CC(C)(C)CC2N. The van der Waals surface area contributed by atoms with Crippen LogP contribution in [0.2, 0.25) is 0 Å². The van der Waals surface area contributed by atoms with Gasteiger partial charge < -0.3 is 10.3 Å². The van der Waals surface area contributed by atoms with Crippen molar-refractivity contribution in [3.8, 4) is 0 Å². The summed E-state index contributed by atoms with van der Waals surface area (Å²) in [6.07, 6.45) is 7.26. The van der Waals surface area contributed by atoms with E-state index < -0.39 is 0 Å². The molecule has 0 fully saturated rings. The lowest BCUT2D eigenvalue weighted by Gasteiger charge is -2.34. The summed E-state index contributed by atoms with van der Waals surface area (Å²) in [5.74, 6) is 0. The second-order valence-corrected chi connectivity index (χ2v) is 6.76. The standard InChI is InChI=1S/C16H24N4/c1-16(2)10-14(17)13-6-9-20(15(13)11-16)8-5-12-4-7-18-19(12)3/h4,6-7,9,14H,5,8,10-11,17H2,1-3H3. The molecule has 4 nitrogen and oxygen atoms in total. The number of nitrogens with two attached hydrogens (primary N) is 1. The third kappa shape index (κ3) is 2.40. The van der Waals surface area contributed by atoms with E-state index in [4.69, 9.17) is 5.73 Å². The number of rotatable bonds is 3. The van der Waals surface area contributed by atoms with E-state index in [0.717, 1.165) is 25.8 Å². The van der Waals surface area contributed by atoms with Gasteiger partial charge in [0, 0.05) is 49.8 Å². The summed E-state index contributed by atoms with van der Waals surface area (Å²) >= 11 is 0. The lowest BCUT2D eigenvalue weighted by Crippen LogP contribution is -2.30. The molecule has 1 aliphatic carbocycles. The van der Waals surface area contributed by atoms with Gasteiger partial charge in [-0.05, 0) is 36.0 Å². The molecule has 20 heavy (non-hydrogen) atoms. The molecular weight excluding hydrogens is 248 g/mol. The van der Waals surface area contributed by atoms with Crippen molar-refractivity contribution in [3.05, 3.63) is 41.5 Å². The van der Waals surface area contributed by atoms with Crippen LogP contribution >= 0.6 is 0 Å². The van der Waals surface area contributed by atoms with Crippen LogP contribution in [0.4, 0.5) is 0 Å². The molecule has 0 bridgehead atoms. The van der Waals surface area contributed by atoms with Crippen LogP contribution in [0.15, 0.2) is 24.5 Å². The number of hydrogen-bond donors (Lipinski definition) is 1. The van der Waals surface area contributed by atoms with Crippen molar-refractivity contribution in [2.45, 2.75) is 45.7 Å². The van der Waals surface area contributed by atoms with Gasteiger partial charge in [0.1, 0.15) is 0 Å². The van der Waals surface area contributed by atoms with Crippen LogP contribution in [0.1, 0.15) is 43.3 Å². The Hall–Kier alpha value is -1.55. The Morgan fingerprint density at radius 1 is 1.40 bits per heavy atom. The number of hydrogen-bond acceptors (Lipinski definition) is 2. The van der Waals surface area contributed by atoms with Crippen molar-refractivity contribution >= 4 is 0 Å². The first-order valence-corrected chi connectivity index (χ1v) is 7.37. The topological polar surface area (TPSA) is 48.8 Å². The molecule has 3 rings (SSSR count). The van der Waals surface area contributed by atoms with Crippen molar-refractivity contribution in [3.63, 3.8) is 0 Å². The normalized spacial score (nSPS) is 20.9. The molecule has 0 saturated heterocycles. The summed E-state index contributed by atoms with van der Waals surface area (Å²) in [5.41, 5.74) is 10.7. The highest BCUT2D eigenvalue weighted by atomic mass is 15.3. The zero-order valence-corrected chi connectivity index (χ0v) is 12.6. The quantitative estimate of drug-likeness (QED) is 0.933. The maximum atomic E-state index is 6.32. The van der Waals surface area contributed by atoms with E-state index >= 15 is 0 Å². The van der Waals surface area contributed by atoms with Gasteiger partial charge in [-0.1, -0.05) is 13.8 Å². The average molecular weight is 272 g/mol. The summed E-state index contributed by atoms with van der Waals surface area (Å²) in [5, 5.41) is 4.23. The van der Waals surface area contributed by atoms with Gasteiger partial charge in [0.05, 0.1) is 0 Å². The number of aromatic nitrogens is 3. The Morgan fingerprint density at radius 2 is 2.20 bits per heavy atom. The summed E-state index contributed by atoms with van der Waals surface area (Å²) in [7, 11) is 2.00. The highest BCUT2D eigenvalue weighted by Gasteiger charge is 2.32. The fourth-order valence-corrected chi connectivity index (χ4v) is 3.39. The smallest absolute Gasteiger partial charge is 0.0492 e. The highest BCUT2D eigenvalue weighted by molar-refractivity contribution is 5.30. The van der Waals surface area contributed by atoms with E-state index in [-0.39, 0.29) is 6.04 Å². The van der Waals surface area contributed by atoms with Crippen LogP contribution in [0.3, 0.4) is 0 Å². The molecule has 2 N–H and O–H groups in total. The van der Waals surface area contributed by atoms with Crippen molar-refractivity contribution in [1.29, 1.82) is 0 Å². The largest absolute Gasteiger partial charge is 0.351 e. The molecular formula is C16H24N4. The van der Waals surface area contributed by atoms with E-state index in [2.05, 4.69) is 41.8 Å². The van der Waals surface area contributed by atoms with E-state index in [9.17, 15) is 0 Å². The molecule has 4 heteroatoms. The molecule has 0 aromatic carbocycles. The van der Waals surface area contributed by atoms with Gasteiger partial charge in [-0.15, -0.1) is 0 Å². The fourth-order valence-electron chi connectivity index (χ4n) is 3.39. The first kappa shape index (κ1) is 13.4. The molecule has 1 aliphatic rings. The Labute approximate surface area is 120 Å². The van der Waals surface area contributed by atoms with Crippen LogP contribution in [-0.4, -0.2) is 14.3 Å². The predicted octanol–water partition coefficient (Wildman–Crippen LogP) is 2.44. The van der Waals surface area contributed by atoms with Crippen molar-refractivity contribution in [1.82, 2.24) is 14.3 Å². The predicted molar refractivity (Wildman–Crippen MR) is 80.4 cm³/mol. The first-order chi connectivity index (χ1) is 9.46. The molecule has 0 amide bonds. The first-order valence-electron chi connectivity index (χ1n) is 7.37. The number of nitrogens with zero attached hydrogens (tertiary/aromatic N) is 3. The summed E-state index contributed by atoms with van der Waals surface area (Å²) in [4.78, 5) is 0. The molecule has 2 heterocycles. The lowest BCUT2D eigenvalue weighted by atomic mass is 9.74. The zero-order valence-electron chi connectivity index (χ0n) is 12.6. The van der Waals surface area contributed by atoms with Crippen molar-refractivity contribution in [2.24, 2.45) is 18.2 Å². The molecule has 1 unspecified atom stereocenters. The van der Waals surface area contributed by atoms with Gasteiger partial charge in [0.2, 0.25) is 0 Å². The maximum absolute atomic E-state index is 6.32. The molecule has 0 spiro atoms. The van der Waals surface area contributed by atoms with E-state index in [1.165, 1.54) is 17.0 Å². The zero-order chi connectivity index (χ0) is 14.3. The van der Waals surface area contributed by atoms with Crippen molar-refractivity contribution in [2.75, 3.05) is 0 Å². The van der Waals surface area contributed by atoms with Gasteiger partial charge in [-0.2, -0.15) is 5.10 Å². The Kier molecular flexibility index (Phi) is 3.21. The van der Waals surface area contributed by atoms with Gasteiger partial charge in [0.25, 0.3) is 0 Å². The molecule has 0 radical (unpaired) electrons.